The van der Waals surface area contributed by atoms with E-state index in [-0.39, 0.29) is 30.3 Å². The number of nitrogens with one attached hydrogen (secondary N) is 2. The number of carboxylic acid groups (broad SMARTS) is 1. The number of hydrogen-bond acceptors (Lipinski definition) is 8. The van der Waals surface area contributed by atoms with Gasteiger partial charge in [0.25, 0.3) is 0 Å². The second kappa shape index (κ2) is 15.8. The molecular weight excluding hydrogens is 642 g/mol. The standard InChI is InChI=1S/C38H35N3O7S/c1-24-33(23-49-35-32(36(43)44)8-5-21-39-35)47-37(48-34(24)26-11-9-25(22-42)10-12-26)27-13-15-28(16-14-27)40-38(45)41-29-17-19-31(20-18-29)46-30-6-3-2-4-7-30/h2-21,24,33-34,37,42H,22-23H2,1H3,(H,43,44)(H2,40,41,45). The van der Waals surface area contributed by atoms with Gasteiger partial charge in [-0.15, -0.1) is 11.8 Å². The Morgan fingerprint density at radius 2 is 1.43 bits per heavy atom. The number of amides is 2. The van der Waals surface area contributed by atoms with Crippen molar-refractivity contribution >= 4 is 35.1 Å². The maximum atomic E-state index is 12.8. The average Bonchev–Trinajstić information content (AvgIpc) is 3.13. The molecule has 0 spiro atoms. The molecule has 1 aromatic heterocycles. The molecule has 4 aromatic carbocycles. The summed E-state index contributed by atoms with van der Waals surface area (Å²) in [6, 6.07) is 34.1. The SMILES string of the molecule is CC1C(CSc2ncccc2C(=O)O)OC(c2ccc(NC(=O)Nc3ccc(Oc4ccccc4)cc3)cc2)OC1c1ccc(CO)cc1. The van der Waals surface area contributed by atoms with Gasteiger partial charge in [-0.3, -0.25) is 0 Å². The van der Waals surface area contributed by atoms with Gasteiger partial charge < -0.3 is 35.1 Å². The normalized spacial score (nSPS) is 18.7. The van der Waals surface area contributed by atoms with E-state index in [9.17, 15) is 19.8 Å². The molecule has 5 aromatic rings. The number of carbonyl (C=O) groups excluding carboxylic acids is 1. The molecule has 49 heavy (non-hydrogen) atoms. The Hall–Kier alpha value is -5.20. The summed E-state index contributed by atoms with van der Waals surface area (Å²) in [5.41, 5.74) is 3.81. The fraction of sp³-hybridized carbons (Fsp3) is 0.184. The number of aromatic nitrogens is 1. The number of aromatic carboxylic acids is 1. The fourth-order valence-electron chi connectivity index (χ4n) is 5.39. The molecule has 1 aliphatic rings. The molecule has 1 fully saturated rings. The number of carboxylic acids is 1. The van der Waals surface area contributed by atoms with Crippen molar-refractivity contribution in [1.29, 1.82) is 0 Å². The third-order valence-electron chi connectivity index (χ3n) is 8.04. The van der Waals surface area contributed by atoms with Crippen LogP contribution >= 0.6 is 11.8 Å². The maximum Gasteiger partial charge on any atom is 0.338 e. The minimum Gasteiger partial charge on any atom is -0.478 e. The number of carbonyl (C=O) groups is 2. The van der Waals surface area contributed by atoms with Gasteiger partial charge in [-0.1, -0.05) is 61.5 Å². The third-order valence-corrected chi connectivity index (χ3v) is 9.14. The predicted octanol–water partition coefficient (Wildman–Crippen LogP) is 8.29. The molecule has 4 N–H and O–H groups in total. The Balaban J connectivity index is 1.12. The second-order valence-corrected chi connectivity index (χ2v) is 12.4. The summed E-state index contributed by atoms with van der Waals surface area (Å²) >= 11 is 1.33. The Labute approximate surface area is 288 Å². The number of hydrogen-bond donors (Lipinski definition) is 4. The first-order chi connectivity index (χ1) is 23.9. The van der Waals surface area contributed by atoms with Gasteiger partial charge in [0, 0.05) is 34.8 Å². The lowest BCUT2D eigenvalue weighted by Crippen LogP contribution is -2.38. The molecule has 2 heterocycles. The molecule has 1 aliphatic heterocycles. The molecule has 0 bridgehead atoms. The lowest BCUT2D eigenvalue weighted by molar-refractivity contribution is -0.268. The Kier molecular flexibility index (Phi) is 10.9. The van der Waals surface area contributed by atoms with Crippen molar-refractivity contribution < 1.29 is 34.0 Å². The van der Waals surface area contributed by atoms with E-state index in [1.54, 1.807) is 48.7 Å². The van der Waals surface area contributed by atoms with Gasteiger partial charge in [-0.25, -0.2) is 14.6 Å². The van der Waals surface area contributed by atoms with Crippen molar-refractivity contribution in [3.8, 4) is 11.5 Å². The number of rotatable bonds is 11. The quantitative estimate of drug-likeness (QED) is 0.102. The van der Waals surface area contributed by atoms with Crippen LogP contribution in [0.15, 0.2) is 126 Å². The third kappa shape index (κ3) is 8.64. The highest BCUT2D eigenvalue weighted by molar-refractivity contribution is 7.99. The molecule has 2 amide bonds. The topological polar surface area (TPSA) is 139 Å². The minimum atomic E-state index is -1.04. The first kappa shape index (κ1) is 33.7. The summed E-state index contributed by atoms with van der Waals surface area (Å²) in [5, 5.41) is 25.3. The van der Waals surface area contributed by atoms with Crippen molar-refractivity contribution in [3.05, 3.63) is 144 Å². The molecule has 11 heteroatoms. The van der Waals surface area contributed by atoms with Crippen molar-refractivity contribution in [2.24, 2.45) is 5.92 Å². The molecule has 6 rings (SSSR count). The van der Waals surface area contributed by atoms with Gasteiger partial charge in [-0.05, 0) is 71.8 Å². The molecule has 10 nitrogen and oxygen atoms in total. The van der Waals surface area contributed by atoms with E-state index in [0.29, 0.717) is 27.9 Å². The zero-order valence-electron chi connectivity index (χ0n) is 26.6. The Morgan fingerprint density at radius 3 is 2.08 bits per heavy atom. The van der Waals surface area contributed by atoms with Crippen LogP contribution in [0.3, 0.4) is 0 Å². The summed E-state index contributed by atoms with van der Waals surface area (Å²) in [7, 11) is 0. The van der Waals surface area contributed by atoms with Gasteiger partial charge in [0.2, 0.25) is 0 Å². The molecule has 0 radical (unpaired) electrons. The Bertz CT molecular complexity index is 1860. The van der Waals surface area contributed by atoms with Gasteiger partial charge in [0.1, 0.15) is 16.5 Å². The zero-order valence-corrected chi connectivity index (χ0v) is 27.4. The number of benzene rings is 4. The number of anilines is 2. The molecule has 250 valence electrons. The first-order valence-electron chi connectivity index (χ1n) is 15.7. The zero-order chi connectivity index (χ0) is 34.2. The summed E-state index contributed by atoms with van der Waals surface area (Å²) < 4.78 is 18.8. The molecule has 4 unspecified atom stereocenters. The summed E-state index contributed by atoms with van der Waals surface area (Å²) in [6.07, 6.45) is 0.188. The highest BCUT2D eigenvalue weighted by Crippen LogP contribution is 2.43. The minimum absolute atomic E-state index is 0.0588. The lowest BCUT2D eigenvalue weighted by Gasteiger charge is -2.41. The van der Waals surface area contributed by atoms with E-state index in [1.165, 1.54) is 17.8 Å². The summed E-state index contributed by atoms with van der Waals surface area (Å²) in [6.45, 7) is 1.98. The van der Waals surface area contributed by atoms with Gasteiger partial charge in [0.05, 0.1) is 24.4 Å². The van der Waals surface area contributed by atoms with Crippen LogP contribution in [0.2, 0.25) is 0 Å². The van der Waals surface area contributed by atoms with Crippen LogP contribution in [0.4, 0.5) is 16.2 Å². The molecule has 0 saturated carbocycles. The molecule has 4 atom stereocenters. The number of ether oxygens (including phenoxy) is 3. The molecular formula is C38H35N3O7S. The van der Waals surface area contributed by atoms with Crippen LogP contribution in [-0.2, 0) is 16.1 Å². The highest BCUT2D eigenvalue weighted by atomic mass is 32.2. The van der Waals surface area contributed by atoms with Crippen molar-refractivity contribution in [3.63, 3.8) is 0 Å². The number of aliphatic hydroxyl groups excluding tert-OH is 1. The molecule has 0 aliphatic carbocycles. The van der Waals surface area contributed by atoms with Crippen LogP contribution in [-0.4, -0.2) is 39.1 Å². The van der Waals surface area contributed by atoms with Crippen LogP contribution < -0.4 is 15.4 Å². The van der Waals surface area contributed by atoms with Crippen molar-refractivity contribution in [2.45, 2.75) is 37.1 Å². The lowest BCUT2D eigenvalue weighted by atomic mass is 9.91. The van der Waals surface area contributed by atoms with Gasteiger partial charge >= 0.3 is 12.0 Å². The number of urea groups is 1. The number of para-hydroxylation sites is 1. The van der Waals surface area contributed by atoms with Crippen LogP contribution in [0.1, 0.15) is 46.4 Å². The first-order valence-corrected chi connectivity index (χ1v) is 16.7. The monoisotopic (exact) mass is 677 g/mol. The second-order valence-electron chi connectivity index (χ2n) is 11.4. The van der Waals surface area contributed by atoms with Gasteiger partial charge in [0.15, 0.2) is 6.29 Å². The van der Waals surface area contributed by atoms with E-state index >= 15 is 0 Å². The summed E-state index contributed by atoms with van der Waals surface area (Å²) in [4.78, 5) is 28.8. The van der Waals surface area contributed by atoms with Crippen molar-refractivity contribution in [2.75, 3.05) is 16.4 Å². The molecule has 1 saturated heterocycles. The van der Waals surface area contributed by atoms with Gasteiger partial charge in [-0.2, -0.15) is 0 Å². The Morgan fingerprint density at radius 1 is 0.796 bits per heavy atom. The average molecular weight is 678 g/mol. The van der Waals surface area contributed by atoms with Crippen LogP contribution in [0.5, 0.6) is 11.5 Å². The van der Waals surface area contributed by atoms with E-state index < -0.39 is 18.3 Å². The summed E-state index contributed by atoms with van der Waals surface area (Å²) in [5.74, 6) is 0.696. The van der Waals surface area contributed by atoms with E-state index in [2.05, 4.69) is 15.6 Å². The van der Waals surface area contributed by atoms with E-state index in [1.807, 2.05) is 73.7 Å². The van der Waals surface area contributed by atoms with E-state index in [0.717, 1.165) is 22.4 Å². The number of nitrogens with zero attached hydrogens (tertiary/aromatic N) is 1. The number of thioether (sulfide) groups is 1. The van der Waals surface area contributed by atoms with Crippen LogP contribution in [0.25, 0.3) is 0 Å². The largest absolute Gasteiger partial charge is 0.478 e. The van der Waals surface area contributed by atoms with Crippen LogP contribution in [0, 0.1) is 5.92 Å². The smallest absolute Gasteiger partial charge is 0.338 e. The van der Waals surface area contributed by atoms with E-state index in [4.69, 9.17) is 14.2 Å². The predicted molar refractivity (Wildman–Crippen MR) is 187 cm³/mol. The maximum absolute atomic E-state index is 12.8. The number of aliphatic hydroxyl groups is 1. The highest BCUT2D eigenvalue weighted by Gasteiger charge is 2.38. The van der Waals surface area contributed by atoms with Crippen molar-refractivity contribution in [1.82, 2.24) is 4.98 Å². The number of pyridine rings is 1. The fourth-order valence-corrected chi connectivity index (χ4v) is 6.54.